The fraction of sp³-hybridized carbons (Fsp3) is 0.167. The summed E-state index contributed by atoms with van der Waals surface area (Å²) in [5.41, 5.74) is 2.36. The number of ether oxygens (including phenoxy) is 2. The topological polar surface area (TPSA) is 82.3 Å². The lowest BCUT2D eigenvalue weighted by molar-refractivity contribution is 0.339. The summed E-state index contributed by atoms with van der Waals surface area (Å²) in [6.45, 7) is 2.56. The first-order valence-corrected chi connectivity index (χ1v) is 6.42. The van der Waals surface area contributed by atoms with Crippen molar-refractivity contribution < 1.29 is 9.47 Å². The first-order valence-electron chi connectivity index (χ1n) is 5.62. The SMILES string of the molecule is CCOc1ccc(Oc2nc(NN)ncc2Br)cc1. The highest BCUT2D eigenvalue weighted by Crippen LogP contribution is 2.28. The molecule has 1 aromatic heterocycles. The number of nitrogen functional groups attached to an aromatic ring is 1. The van der Waals surface area contributed by atoms with E-state index in [0.29, 0.717) is 22.7 Å². The van der Waals surface area contributed by atoms with Crippen LogP contribution < -0.4 is 20.7 Å². The fourth-order valence-corrected chi connectivity index (χ4v) is 1.65. The number of hydrogen-bond donors (Lipinski definition) is 2. The van der Waals surface area contributed by atoms with Crippen molar-refractivity contribution in [2.45, 2.75) is 6.92 Å². The largest absolute Gasteiger partial charge is 0.494 e. The lowest BCUT2D eigenvalue weighted by Crippen LogP contribution is -2.10. The minimum atomic E-state index is 0.282. The van der Waals surface area contributed by atoms with Gasteiger partial charge in [-0.05, 0) is 47.1 Å². The molecule has 6 nitrogen and oxygen atoms in total. The fourth-order valence-electron chi connectivity index (χ4n) is 1.37. The molecule has 0 saturated carbocycles. The molecule has 0 saturated heterocycles. The summed E-state index contributed by atoms with van der Waals surface area (Å²) in [6, 6.07) is 7.26. The zero-order valence-corrected chi connectivity index (χ0v) is 11.8. The van der Waals surface area contributed by atoms with E-state index in [1.54, 1.807) is 18.3 Å². The number of hydrazine groups is 1. The van der Waals surface area contributed by atoms with Crippen molar-refractivity contribution >= 4 is 21.9 Å². The first-order chi connectivity index (χ1) is 9.22. The molecule has 0 radical (unpaired) electrons. The van der Waals surface area contributed by atoms with Crippen LogP contribution in [-0.2, 0) is 0 Å². The number of hydrogen-bond acceptors (Lipinski definition) is 6. The van der Waals surface area contributed by atoms with Crippen LogP contribution in [0.2, 0.25) is 0 Å². The summed E-state index contributed by atoms with van der Waals surface area (Å²) in [4.78, 5) is 8.04. The zero-order chi connectivity index (χ0) is 13.7. The van der Waals surface area contributed by atoms with Crippen LogP contribution in [0.3, 0.4) is 0 Å². The van der Waals surface area contributed by atoms with Gasteiger partial charge in [0.1, 0.15) is 11.5 Å². The molecule has 0 amide bonds. The van der Waals surface area contributed by atoms with Gasteiger partial charge in [0, 0.05) is 0 Å². The van der Waals surface area contributed by atoms with Crippen LogP contribution in [-0.4, -0.2) is 16.6 Å². The van der Waals surface area contributed by atoms with Gasteiger partial charge >= 0.3 is 0 Å². The molecule has 0 unspecified atom stereocenters. The Kier molecular flexibility index (Phi) is 4.53. The van der Waals surface area contributed by atoms with Crippen molar-refractivity contribution in [1.29, 1.82) is 0 Å². The van der Waals surface area contributed by atoms with Gasteiger partial charge in [0.05, 0.1) is 17.3 Å². The molecule has 3 N–H and O–H groups in total. The average molecular weight is 325 g/mol. The van der Waals surface area contributed by atoms with Crippen molar-refractivity contribution in [2.75, 3.05) is 12.0 Å². The van der Waals surface area contributed by atoms with Crippen LogP contribution in [0.25, 0.3) is 0 Å². The summed E-state index contributed by atoms with van der Waals surface area (Å²) in [5.74, 6) is 7.35. The molecular weight excluding hydrogens is 312 g/mol. The van der Waals surface area contributed by atoms with Gasteiger partial charge in [-0.15, -0.1) is 0 Å². The number of aromatic nitrogens is 2. The van der Waals surface area contributed by atoms with Gasteiger partial charge in [0.2, 0.25) is 11.8 Å². The second kappa shape index (κ2) is 6.35. The predicted molar refractivity (Wildman–Crippen MR) is 75.2 cm³/mol. The minimum absolute atomic E-state index is 0.282. The lowest BCUT2D eigenvalue weighted by Gasteiger charge is -2.08. The molecule has 19 heavy (non-hydrogen) atoms. The van der Waals surface area contributed by atoms with Crippen LogP contribution in [0.1, 0.15) is 6.92 Å². The van der Waals surface area contributed by atoms with Crippen molar-refractivity contribution in [3.8, 4) is 17.4 Å². The van der Waals surface area contributed by atoms with E-state index < -0.39 is 0 Å². The van der Waals surface area contributed by atoms with Gasteiger partial charge in [-0.25, -0.2) is 10.8 Å². The first kappa shape index (κ1) is 13.6. The highest BCUT2D eigenvalue weighted by Gasteiger charge is 2.07. The summed E-state index contributed by atoms with van der Waals surface area (Å²) in [5, 5.41) is 0. The van der Waals surface area contributed by atoms with Gasteiger partial charge in [0.15, 0.2) is 0 Å². The molecule has 1 aromatic carbocycles. The van der Waals surface area contributed by atoms with Gasteiger partial charge in [-0.1, -0.05) is 0 Å². The second-order valence-corrected chi connectivity index (χ2v) is 4.35. The Hall–Kier alpha value is -1.86. The molecule has 0 bridgehead atoms. The molecule has 2 rings (SSSR count). The Morgan fingerprint density at radius 1 is 1.26 bits per heavy atom. The molecule has 7 heteroatoms. The van der Waals surface area contributed by atoms with Crippen molar-refractivity contribution in [3.63, 3.8) is 0 Å². The maximum absolute atomic E-state index is 5.64. The van der Waals surface area contributed by atoms with Gasteiger partial charge in [-0.3, -0.25) is 5.43 Å². The van der Waals surface area contributed by atoms with Gasteiger partial charge in [-0.2, -0.15) is 4.98 Å². The lowest BCUT2D eigenvalue weighted by atomic mass is 10.3. The summed E-state index contributed by atoms with van der Waals surface area (Å²) >= 11 is 3.31. The van der Waals surface area contributed by atoms with E-state index in [2.05, 4.69) is 31.3 Å². The number of anilines is 1. The Morgan fingerprint density at radius 2 is 1.95 bits per heavy atom. The van der Waals surface area contributed by atoms with Gasteiger partial charge < -0.3 is 9.47 Å². The third-order valence-corrected chi connectivity index (χ3v) is 2.73. The van der Waals surface area contributed by atoms with Crippen LogP contribution in [0.5, 0.6) is 17.4 Å². The van der Waals surface area contributed by atoms with E-state index in [4.69, 9.17) is 15.3 Å². The summed E-state index contributed by atoms with van der Waals surface area (Å²) in [6.07, 6.45) is 1.56. The predicted octanol–water partition coefficient (Wildman–Crippen LogP) is 2.72. The molecule has 100 valence electrons. The van der Waals surface area contributed by atoms with Crippen LogP contribution in [0.4, 0.5) is 5.95 Å². The number of benzene rings is 1. The van der Waals surface area contributed by atoms with Crippen molar-refractivity contribution in [3.05, 3.63) is 34.9 Å². The number of nitrogens with one attached hydrogen (secondary N) is 1. The van der Waals surface area contributed by atoms with E-state index in [9.17, 15) is 0 Å². The molecule has 0 spiro atoms. The highest BCUT2D eigenvalue weighted by molar-refractivity contribution is 9.10. The molecule has 0 aliphatic carbocycles. The third kappa shape index (κ3) is 3.55. The Labute approximate surface area is 119 Å². The average Bonchev–Trinajstić information content (AvgIpc) is 2.44. The molecule has 0 fully saturated rings. The number of nitrogens with two attached hydrogens (primary N) is 1. The molecule has 0 aliphatic heterocycles. The van der Waals surface area contributed by atoms with Crippen LogP contribution >= 0.6 is 15.9 Å². The van der Waals surface area contributed by atoms with Crippen molar-refractivity contribution in [2.24, 2.45) is 5.84 Å². The van der Waals surface area contributed by atoms with Crippen molar-refractivity contribution in [1.82, 2.24) is 9.97 Å². The maximum atomic E-state index is 5.64. The quantitative estimate of drug-likeness (QED) is 0.650. The number of nitrogens with zero attached hydrogens (tertiary/aromatic N) is 2. The monoisotopic (exact) mass is 324 g/mol. The summed E-state index contributed by atoms with van der Waals surface area (Å²) < 4.78 is 11.6. The van der Waals surface area contributed by atoms with Gasteiger partial charge in [0.25, 0.3) is 0 Å². The summed E-state index contributed by atoms with van der Waals surface area (Å²) in [7, 11) is 0. The molecule has 2 aromatic rings. The normalized spacial score (nSPS) is 10.1. The maximum Gasteiger partial charge on any atom is 0.240 e. The van der Waals surface area contributed by atoms with E-state index in [1.807, 2.05) is 19.1 Å². The van der Waals surface area contributed by atoms with E-state index in [1.165, 1.54) is 0 Å². The van der Waals surface area contributed by atoms with E-state index in [-0.39, 0.29) is 5.95 Å². The molecule has 1 heterocycles. The van der Waals surface area contributed by atoms with Crippen LogP contribution in [0, 0.1) is 0 Å². The zero-order valence-electron chi connectivity index (χ0n) is 10.3. The number of halogens is 1. The Balaban J connectivity index is 2.16. The molecule has 0 aliphatic rings. The molecule has 0 atom stereocenters. The smallest absolute Gasteiger partial charge is 0.240 e. The van der Waals surface area contributed by atoms with E-state index >= 15 is 0 Å². The highest BCUT2D eigenvalue weighted by atomic mass is 79.9. The second-order valence-electron chi connectivity index (χ2n) is 3.50. The van der Waals surface area contributed by atoms with Crippen LogP contribution in [0.15, 0.2) is 34.9 Å². The molecular formula is C12H13BrN4O2. The third-order valence-electron chi connectivity index (χ3n) is 2.19. The Bertz CT molecular complexity index is 548. The minimum Gasteiger partial charge on any atom is -0.494 e. The Morgan fingerprint density at radius 3 is 2.58 bits per heavy atom. The number of rotatable bonds is 5. The van der Waals surface area contributed by atoms with E-state index in [0.717, 1.165) is 5.75 Å². The standard InChI is InChI=1S/C12H13BrN4O2/c1-2-18-8-3-5-9(6-4-8)19-11-10(13)7-15-12(16-11)17-14/h3-7H,2,14H2,1H3,(H,15,16,17).